The predicted octanol–water partition coefficient (Wildman–Crippen LogP) is -0.0962. The van der Waals surface area contributed by atoms with Gasteiger partial charge in [-0.15, -0.1) is 11.8 Å². The summed E-state index contributed by atoms with van der Waals surface area (Å²) < 4.78 is 0. The number of nitrogens with two attached hydrogens (primary N) is 1. The fourth-order valence-electron chi connectivity index (χ4n) is 0.860. The van der Waals surface area contributed by atoms with E-state index in [9.17, 15) is 4.79 Å². The van der Waals surface area contributed by atoms with Crippen LogP contribution in [0.5, 0.6) is 0 Å². The van der Waals surface area contributed by atoms with Crippen molar-refractivity contribution in [1.82, 2.24) is 0 Å². The van der Waals surface area contributed by atoms with Crippen molar-refractivity contribution >= 4 is 17.7 Å². The zero-order valence-corrected chi connectivity index (χ0v) is 5.73. The highest BCUT2D eigenvalue weighted by molar-refractivity contribution is 8.00. The number of aliphatic carboxylic acids is 1. The second-order valence-corrected chi connectivity index (χ2v) is 3.33. The number of hydrogen-bond acceptors (Lipinski definition) is 3. The molecule has 1 saturated heterocycles. The maximum atomic E-state index is 10.3. The Morgan fingerprint density at radius 2 is 2.44 bits per heavy atom. The summed E-state index contributed by atoms with van der Waals surface area (Å²) in [6, 6.07) is -0.132. The van der Waals surface area contributed by atoms with Crippen molar-refractivity contribution < 1.29 is 9.90 Å². The largest absolute Gasteiger partial charge is 0.480 e. The van der Waals surface area contributed by atoms with Gasteiger partial charge in [0.05, 0.1) is 0 Å². The molecule has 0 saturated carbocycles. The highest BCUT2D eigenvalue weighted by Gasteiger charge is 2.30. The lowest BCUT2D eigenvalue weighted by atomic mass is 10.2. The normalized spacial score (nSPS) is 34.8. The van der Waals surface area contributed by atoms with Crippen LogP contribution in [0.3, 0.4) is 0 Å². The molecule has 3 nitrogen and oxygen atoms in total. The fourth-order valence-corrected chi connectivity index (χ4v) is 2.05. The summed E-state index contributed by atoms with van der Waals surface area (Å²) in [7, 11) is 0. The number of hydrogen-bond donors (Lipinski definition) is 2. The van der Waals surface area contributed by atoms with Crippen molar-refractivity contribution in [1.29, 1.82) is 0 Å². The quantitative estimate of drug-likeness (QED) is 0.544. The van der Waals surface area contributed by atoms with Gasteiger partial charge in [0.25, 0.3) is 0 Å². The van der Waals surface area contributed by atoms with Crippen LogP contribution in [0.25, 0.3) is 0 Å². The average molecular weight is 147 g/mol. The summed E-state index contributed by atoms with van der Waals surface area (Å²) in [5.41, 5.74) is 5.48. The Labute approximate surface area is 57.6 Å². The summed E-state index contributed by atoms with van der Waals surface area (Å²) in [5.74, 6) is 0.114. The van der Waals surface area contributed by atoms with Gasteiger partial charge in [-0.25, -0.2) is 0 Å². The molecule has 0 aliphatic carbocycles. The van der Waals surface area contributed by atoms with Crippen LogP contribution in [-0.2, 0) is 4.79 Å². The Morgan fingerprint density at radius 1 is 1.78 bits per heavy atom. The molecule has 0 spiro atoms. The number of rotatable bonds is 1. The van der Waals surface area contributed by atoms with Gasteiger partial charge >= 0.3 is 5.97 Å². The van der Waals surface area contributed by atoms with Gasteiger partial charge in [-0.3, -0.25) is 4.79 Å². The first-order valence-electron chi connectivity index (χ1n) is 2.82. The first-order chi connectivity index (χ1) is 4.22. The maximum Gasteiger partial charge on any atom is 0.318 e. The monoisotopic (exact) mass is 147 g/mol. The third-order valence-corrected chi connectivity index (χ3v) is 2.76. The van der Waals surface area contributed by atoms with Gasteiger partial charge in [-0.05, 0) is 12.2 Å². The molecule has 0 aromatic heterocycles. The minimum atomic E-state index is -0.773. The number of thioether (sulfide) groups is 1. The second-order valence-electron chi connectivity index (χ2n) is 2.08. The molecule has 2 atom stereocenters. The Bertz CT molecular complexity index is 128. The lowest BCUT2D eigenvalue weighted by molar-refractivity contribution is -0.136. The van der Waals surface area contributed by atoms with Crippen LogP contribution < -0.4 is 5.73 Å². The minimum Gasteiger partial charge on any atom is -0.480 e. The van der Waals surface area contributed by atoms with E-state index < -0.39 is 5.97 Å². The van der Waals surface area contributed by atoms with E-state index in [1.165, 1.54) is 11.8 Å². The summed E-state index contributed by atoms with van der Waals surface area (Å²) in [6.07, 6.45) is 0.835. The third-order valence-electron chi connectivity index (χ3n) is 1.38. The molecule has 1 aliphatic heterocycles. The molecule has 1 rings (SSSR count). The number of carboxylic acid groups (broad SMARTS) is 1. The lowest BCUT2D eigenvalue weighted by Crippen LogP contribution is -2.33. The molecule has 0 radical (unpaired) electrons. The topological polar surface area (TPSA) is 63.3 Å². The summed E-state index contributed by atoms with van der Waals surface area (Å²) in [5, 5.41) is 8.13. The molecule has 1 fully saturated rings. The van der Waals surface area contributed by atoms with Crippen LogP contribution in [0, 0.1) is 0 Å². The third kappa shape index (κ3) is 1.37. The molecule has 1 aliphatic rings. The molecule has 0 unspecified atom stereocenters. The van der Waals surface area contributed by atoms with Crippen molar-refractivity contribution in [3.63, 3.8) is 0 Å². The summed E-state index contributed by atoms with van der Waals surface area (Å²) in [6.45, 7) is 0. The molecule has 4 heteroatoms. The van der Waals surface area contributed by atoms with Gasteiger partial charge in [-0.1, -0.05) is 0 Å². The Balaban J connectivity index is 2.49. The molecular weight excluding hydrogens is 138 g/mol. The standard InChI is InChI=1S/C5H9NO2S/c6-3-1-2-9-4(3)5(7)8/h3-4H,1-2,6H2,(H,7,8)/t3-,4+/m1/s1. The van der Waals surface area contributed by atoms with Gasteiger partial charge in [-0.2, -0.15) is 0 Å². The second kappa shape index (κ2) is 2.58. The van der Waals surface area contributed by atoms with E-state index in [0.717, 1.165) is 12.2 Å². The van der Waals surface area contributed by atoms with Gasteiger partial charge in [0.1, 0.15) is 5.25 Å². The molecular formula is C5H9NO2S. The van der Waals surface area contributed by atoms with E-state index in [1.54, 1.807) is 0 Å². The molecule has 3 N–H and O–H groups in total. The van der Waals surface area contributed by atoms with Crippen LogP contribution >= 0.6 is 11.8 Å². The Hall–Kier alpha value is -0.220. The van der Waals surface area contributed by atoms with Crippen LogP contribution in [0.15, 0.2) is 0 Å². The Kier molecular flexibility index (Phi) is 1.97. The van der Waals surface area contributed by atoms with Gasteiger partial charge in [0, 0.05) is 6.04 Å². The predicted molar refractivity (Wildman–Crippen MR) is 36.5 cm³/mol. The van der Waals surface area contributed by atoms with E-state index in [-0.39, 0.29) is 11.3 Å². The molecule has 0 aromatic carbocycles. The average Bonchev–Trinajstić information content (AvgIpc) is 2.13. The van der Waals surface area contributed by atoms with Gasteiger partial charge < -0.3 is 10.8 Å². The first kappa shape index (κ1) is 6.89. The van der Waals surface area contributed by atoms with Crippen molar-refractivity contribution in [3.05, 3.63) is 0 Å². The van der Waals surface area contributed by atoms with Crippen LogP contribution in [0.4, 0.5) is 0 Å². The van der Waals surface area contributed by atoms with Gasteiger partial charge in [0.2, 0.25) is 0 Å². The van der Waals surface area contributed by atoms with Crippen molar-refractivity contribution in [2.24, 2.45) is 5.73 Å². The summed E-state index contributed by atoms with van der Waals surface area (Å²) in [4.78, 5) is 10.3. The lowest BCUT2D eigenvalue weighted by Gasteiger charge is -2.06. The van der Waals surface area contributed by atoms with Crippen LogP contribution in [0.2, 0.25) is 0 Å². The number of carbonyl (C=O) groups is 1. The molecule has 0 aromatic rings. The highest BCUT2D eigenvalue weighted by Crippen LogP contribution is 2.25. The Morgan fingerprint density at radius 3 is 2.67 bits per heavy atom. The van der Waals surface area contributed by atoms with Crippen molar-refractivity contribution in [2.45, 2.75) is 17.7 Å². The number of carboxylic acids is 1. The van der Waals surface area contributed by atoms with E-state index in [2.05, 4.69) is 0 Å². The first-order valence-corrected chi connectivity index (χ1v) is 3.86. The van der Waals surface area contributed by atoms with Crippen molar-refractivity contribution in [3.8, 4) is 0 Å². The maximum absolute atomic E-state index is 10.3. The van der Waals surface area contributed by atoms with E-state index >= 15 is 0 Å². The molecule has 52 valence electrons. The highest BCUT2D eigenvalue weighted by atomic mass is 32.2. The van der Waals surface area contributed by atoms with E-state index in [1.807, 2.05) is 0 Å². The van der Waals surface area contributed by atoms with E-state index in [4.69, 9.17) is 10.8 Å². The zero-order chi connectivity index (χ0) is 6.85. The zero-order valence-electron chi connectivity index (χ0n) is 4.91. The van der Waals surface area contributed by atoms with E-state index in [0.29, 0.717) is 0 Å². The smallest absolute Gasteiger partial charge is 0.318 e. The SMILES string of the molecule is N[C@@H]1CCS[C@@H]1C(=O)O. The minimum absolute atomic E-state index is 0.132. The molecule has 1 heterocycles. The van der Waals surface area contributed by atoms with Crippen LogP contribution in [-0.4, -0.2) is 28.1 Å². The fraction of sp³-hybridized carbons (Fsp3) is 0.800. The molecule has 0 bridgehead atoms. The summed E-state index contributed by atoms with van der Waals surface area (Å²) >= 11 is 1.43. The van der Waals surface area contributed by atoms with Gasteiger partial charge in [0.15, 0.2) is 0 Å². The molecule has 0 amide bonds. The van der Waals surface area contributed by atoms with Crippen LogP contribution in [0.1, 0.15) is 6.42 Å². The molecule has 9 heavy (non-hydrogen) atoms. The van der Waals surface area contributed by atoms with Crippen molar-refractivity contribution in [2.75, 3.05) is 5.75 Å².